The van der Waals surface area contributed by atoms with Gasteiger partial charge in [-0.1, -0.05) is 19.9 Å². The zero-order valence-corrected chi connectivity index (χ0v) is 20.4. The molecule has 5 rings (SSSR count). The van der Waals surface area contributed by atoms with Crippen molar-refractivity contribution in [3.63, 3.8) is 0 Å². The molecule has 0 radical (unpaired) electrons. The van der Waals surface area contributed by atoms with Gasteiger partial charge in [-0.15, -0.1) is 10.2 Å². The number of carbonyl (C=O) groups excluding carboxylic acids is 1. The molecule has 178 valence electrons. The number of urea groups is 1. The smallest absolute Gasteiger partial charge is 0.330 e. The molecule has 2 aliphatic rings. The van der Waals surface area contributed by atoms with Crippen LogP contribution in [0.3, 0.4) is 0 Å². The first kappa shape index (κ1) is 22.4. The topological polar surface area (TPSA) is 70.4 Å². The Bertz CT molecular complexity index is 1150. The second-order valence-corrected chi connectivity index (χ2v) is 10.0. The van der Waals surface area contributed by atoms with E-state index in [1.807, 2.05) is 27.7 Å². The van der Waals surface area contributed by atoms with Crippen molar-refractivity contribution in [1.29, 1.82) is 0 Å². The standard InChI is InChI=1S/C26H33N7O/c1-18(2)14-20-15-30(16-20)21-8-10-22(11-9-21)31-12-13-32(26(31)34)24-7-5-6-23(28-24)25-29-27-17-33(25)19(3)4/h5-11,17-20H,12-16H2,1-4H3. The lowest BCUT2D eigenvalue weighted by atomic mass is 9.90. The number of benzene rings is 1. The van der Waals surface area contributed by atoms with Gasteiger partial charge in [0.2, 0.25) is 0 Å². The quantitative estimate of drug-likeness (QED) is 0.505. The van der Waals surface area contributed by atoms with Crippen molar-refractivity contribution < 1.29 is 4.79 Å². The van der Waals surface area contributed by atoms with E-state index in [9.17, 15) is 4.79 Å². The fourth-order valence-corrected chi connectivity index (χ4v) is 4.93. The van der Waals surface area contributed by atoms with Crippen LogP contribution in [0.1, 0.15) is 40.2 Å². The number of amides is 2. The first-order chi connectivity index (χ1) is 16.4. The van der Waals surface area contributed by atoms with Crippen LogP contribution in [0.4, 0.5) is 22.0 Å². The van der Waals surface area contributed by atoms with Gasteiger partial charge in [0.05, 0.1) is 0 Å². The van der Waals surface area contributed by atoms with Gasteiger partial charge in [0.25, 0.3) is 0 Å². The summed E-state index contributed by atoms with van der Waals surface area (Å²) in [5, 5.41) is 8.28. The molecule has 0 atom stereocenters. The average molecular weight is 460 g/mol. The van der Waals surface area contributed by atoms with Crippen molar-refractivity contribution in [2.45, 2.75) is 40.2 Å². The van der Waals surface area contributed by atoms with Crippen LogP contribution in [0.5, 0.6) is 0 Å². The monoisotopic (exact) mass is 459 g/mol. The maximum absolute atomic E-state index is 13.3. The van der Waals surface area contributed by atoms with Gasteiger partial charge >= 0.3 is 6.03 Å². The Hall–Kier alpha value is -3.42. The molecule has 8 heteroatoms. The Morgan fingerprint density at radius 3 is 2.35 bits per heavy atom. The molecule has 0 bridgehead atoms. The second kappa shape index (κ2) is 9.08. The molecule has 2 fully saturated rings. The van der Waals surface area contributed by atoms with Crippen molar-refractivity contribution >= 4 is 23.2 Å². The lowest BCUT2D eigenvalue weighted by Gasteiger charge is -2.42. The molecule has 2 aliphatic heterocycles. The summed E-state index contributed by atoms with van der Waals surface area (Å²) in [6.07, 6.45) is 3.00. The van der Waals surface area contributed by atoms with E-state index in [1.165, 1.54) is 12.1 Å². The van der Waals surface area contributed by atoms with Crippen molar-refractivity contribution in [2.75, 3.05) is 40.9 Å². The van der Waals surface area contributed by atoms with Gasteiger partial charge in [-0.05, 0) is 68.5 Å². The highest BCUT2D eigenvalue weighted by atomic mass is 16.2. The van der Waals surface area contributed by atoms with E-state index in [0.29, 0.717) is 30.4 Å². The molecule has 1 aromatic carbocycles. The average Bonchev–Trinajstić information content (AvgIpc) is 3.43. The first-order valence-electron chi connectivity index (χ1n) is 12.2. The molecule has 8 nitrogen and oxygen atoms in total. The Kier molecular flexibility index (Phi) is 5.98. The predicted molar refractivity (Wildman–Crippen MR) is 135 cm³/mol. The minimum atomic E-state index is -0.0522. The molecule has 2 saturated heterocycles. The fourth-order valence-electron chi connectivity index (χ4n) is 4.93. The zero-order valence-electron chi connectivity index (χ0n) is 20.4. The second-order valence-electron chi connectivity index (χ2n) is 10.0. The fraction of sp³-hybridized carbons (Fsp3) is 0.462. The summed E-state index contributed by atoms with van der Waals surface area (Å²) in [5.74, 6) is 2.89. The highest BCUT2D eigenvalue weighted by Gasteiger charge is 2.32. The maximum atomic E-state index is 13.3. The predicted octanol–water partition coefficient (Wildman–Crippen LogP) is 4.85. The number of rotatable bonds is 7. The van der Waals surface area contributed by atoms with E-state index in [0.717, 1.165) is 30.6 Å². The lowest BCUT2D eigenvalue weighted by Crippen LogP contribution is -2.47. The molecular formula is C26H33N7O. The molecule has 4 heterocycles. The van der Waals surface area contributed by atoms with Crippen molar-refractivity contribution in [1.82, 2.24) is 19.7 Å². The molecule has 0 aliphatic carbocycles. The molecule has 2 aromatic heterocycles. The minimum absolute atomic E-state index is 0.0522. The summed E-state index contributed by atoms with van der Waals surface area (Å²) in [6, 6.07) is 14.3. The van der Waals surface area contributed by atoms with E-state index in [2.05, 4.69) is 67.1 Å². The highest BCUT2D eigenvalue weighted by molar-refractivity contribution is 6.05. The number of hydrogen-bond donors (Lipinski definition) is 0. The molecule has 3 aromatic rings. The van der Waals surface area contributed by atoms with Crippen LogP contribution in [0, 0.1) is 11.8 Å². The number of hydrogen-bond acceptors (Lipinski definition) is 5. The number of aromatic nitrogens is 4. The summed E-state index contributed by atoms with van der Waals surface area (Å²) in [6.45, 7) is 12.2. The van der Waals surface area contributed by atoms with Crippen molar-refractivity contribution in [3.8, 4) is 11.5 Å². The molecule has 0 unspecified atom stereocenters. The van der Waals surface area contributed by atoms with Gasteiger partial charge in [0, 0.05) is 43.6 Å². The van der Waals surface area contributed by atoms with Gasteiger partial charge < -0.3 is 9.47 Å². The molecule has 34 heavy (non-hydrogen) atoms. The molecule has 0 N–H and O–H groups in total. The maximum Gasteiger partial charge on any atom is 0.330 e. The Balaban J connectivity index is 1.27. The zero-order chi connectivity index (χ0) is 23.8. The first-order valence-corrected chi connectivity index (χ1v) is 12.2. The third-order valence-electron chi connectivity index (χ3n) is 6.67. The number of carbonyl (C=O) groups is 1. The van der Waals surface area contributed by atoms with Crippen molar-refractivity contribution in [2.24, 2.45) is 11.8 Å². The summed E-state index contributed by atoms with van der Waals surface area (Å²) in [5.41, 5.74) is 2.87. The molecule has 0 spiro atoms. The highest BCUT2D eigenvalue weighted by Crippen LogP contribution is 2.31. The van der Waals surface area contributed by atoms with Crippen LogP contribution in [0.15, 0.2) is 48.8 Å². The van der Waals surface area contributed by atoms with Crippen LogP contribution in [-0.4, -0.2) is 52.0 Å². The van der Waals surface area contributed by atoms with E-state index in [1.54, 1.807) is 11.2 Å². The van der Waals surface area contributed by atoms with Crippen LogP contribution in [-0.2, 0) is 0 Å². The minimum Gasteiger partial charge on any atom is -0.371 e. The van der Waals surface area contributed by atoms with E-state index >= 15 is 0 Å². The van der Waals surface area contributed by atoms with Gasteiger partial charge in [-0.3, -0.25) is 9.80 Å². The number of nitrogens with zero attached hydrogens (tertiary/aromatic N) is 7. The lowest BCUT2D eigenvalue weighted by molar-refractivity contribution is 0.255. The van der Waals surface area contributed by atoms with Crippen LogP contribution < -0.4 is 14.7 Å². The molecule has 2 amide bonds. The van der Waals surface area contributed by atoms with E-state index < -0.39 is 0 Å². The Morgan fingerprint density at radius 1 is 0.941 bits per heavy atom. The van der Waals surface area contributed by atoms with Crippen LogP contribution in [0.2, 0.25) is 0 Å². The van der Waals surface area contributed by atoms with Gasteiger partial charge in [0.1, 0.15) is 17.8 Å². The summed E-state index contributed by atoms with van der Waals surface area (Å²) in [7, 11) is 0. The van der Waals surface area contributed by atoms with Crippen LogP contribution >= 0.6 is 0 Å². The summed E-state index contributed by atoms with van der Waals surface area (Å²) >= 11 is 0. The van der Waals surface area contributed by atoms with Gasteiger partial charge in [-0.2, -0.15) is 0 Å². The van der Waals surface area contributed by atoms with Crippen LogP contribution in [0.25, 0.3) is 11.5 Å². The SMILES string of the molecule is CC(C)CC1CN(c2ccc(N3CCN(c4cccc(-c5nncn5C(C)C)n4)C3=O)cc2)C1. The third-order valence-corrected chi connectivity index (χ3v) is 6.67. The Labute approximate surface area is 201 Å². The van der Waals surface area contributed by atoms with E-state index in [-0.39, 0.29) is 12.1 Å². The van der Waals surface area contributed by atoms with Gasteiger partial charge in [0.15, 0.2) is 5.82 Å². The largest absolute Gasteiger partial charge is 0.371 e. The molecular weight excluding hydrogens is 426 g/mol. The third kappa shape index (κ3) is 4.24. The van der Waals surface area contributed by atoms with E-state index in [4.69, 9.17) is 4.98 Å². The van der Waals surface area contributed by atoms with Gasteiger partial charge in [-0.25, -0.2) is 9.78 Å². The normalized spacial score (nSPS) is 16.8. The Morgan fingerprint density at radius 2 is 1.65 bits per heavy atom. The summed E-state index contributed by atoms with van der Waals surface area (Å²) in [4.78, 5) is 24.0. The number of pyridine rings is 1. The summed E-state index contributed by atoms with van der Waals surface area (Å²) < 4.78 is 1.98. The molecule has 0 saturated carbocycles. The number of anilines is 3. The van der Waals surface area contributed by atoms with Crippen molar-refractivity contribution in [3.05, 3.63) is 48.8 Å².